The van der Waals surface area contributed by atoms with Crippen LogP contribution in [0.2, 0.25) is 0 Å². The van der Waals surface area contributed by atoms with Gasteiger partial charge in [0.2, 0.25) is 0 Å². The van der Waals surface area contributed by atoms with Crippen LogP contribution in [0, 0.1) is 0 Å². The molecule has 0 amide bonds. The van der Waals surface area contributed by atoms with Gasteiger partial charge in [-0.15, -0.1) is 11.6 Å². The summed E-state index contributed by atoms with van der Waals surface area (Å²) in [4.78, 5) is 4.33. The Balaban J connectivity index is 2.45. The summed E-state index contributed by atoms with van der Waals surface area (Å²) in [5.41, 5.74) is 0. The SMILES string of the molecule is CCCCc1nccn1CCCCl. The first-order valence-corrected chi connectivity index (χ1v) is 5.48. The van der Waals surface area contributed by atoms with Gasteiger partial charge in [-0.1, -0.05) is 13.3 Å². The lowest BCUT2D eigenvalue weighted by Gasteiger charge is -2.05. The van der Waals surface area contributed by atoms with E-state index in [0.29, 0.717) is 0 Å². The largest absolute Gasteiger partial charge is 0.335 e. The molecular formula is C10H17ClN2. The third-order valence-electron chi connectivity index (χ3n) is 2.09. The van der Waals surface area contributed by atoms with E-state index in [4.69, 9.17) is 11.6 Å². The third-order valence-corrected chi connectivity index (χ3v) is 2.36. The first-order valence-electron chi connectivity index (χ1n) is 4.94. The molecule has 1 rings (SSSR count). The summed E-state index contributed by atoms with van der Waals surface area (Å²) in [6.07, 6.45) is 8.47. The summed E-state index contributed by atoms with van der Waals surface area (Å²) in [5, 5.41) is 0. The summed E-state index contributed by atoms with van der Waals surface area (Å²) >= 11 is 5.64. The van der Waals surface area contributed by atoms with Crippen LogP contribution in [0.3, 0.4) is 0 Å². The number of unbranched alkanes of at least 4 members (excludes halogenated alkanes) is 1. The molecule has 0 atom stereocenters. The second-order valence-electron chi connectivity index (χ2n) is 3.18. The van der Waals surface area contributed by atoms with Gasteiger partial charge >= 0.3 is 0 Å². The van der Waals surface area contributed by atoms with Crippen LogP contribution >= 0.6 is 11.6 Å². The van der Waals surface area contributed by atoms with Gasteiger partial charge in [-0.2, -0.15) is 0 Å². The Labute approximate surface area is 84.9 Å². The van der Waals surface area contributed by atoms with Gasteiger partial charge in [-0.25, -0.2) is 4.98 Å². The van der Waals surface area contributed by atoms with Crippen molar-refractivity contribution in [3.05, 3.63) is 18.2 Å². The summed E-state index contributed by atoms with van der Waals surface area (Å²) in [5.74, 6) is 1.93. The topological polar surface area (TPSA) is 17.8 Å². The van der Waals surface area contributed by atoms with Crippen LogP contribution in [-0.4, -0.2) is 15.4 Å². The molecule has 0 aliphatic rings. The lowest BCUT2D eigenvalue weighted by atomic mass is 10.2. The fourth-order valence-corrected chi connectivity index (χ4v) is 1.46. The first kappa shape index (κ1) is 10.6. The van der Waals surface area contributed by atoms with Gasteiger partial charge in [0.15, 0.2) is 0 Å². The lowest BCUT2D eigenvalue weighted by Crippen LogP contribution is -2.03. The average molecular weight is 201 g/mol. The van der Waals surface area contributed by atoms with Crippen LogP contribution in [0.4, 0.5) is 0 Å². The normalized spacial score (nSPS) is 10.6. The highest BCUT2D eigenvalue weighted by Crippen LogP contribution is 2.04. The Bertz CT molecular complexity index is 210. The van der Waals surface area contributed by atoms with Crippen molar-refractivity contribution in [2.75, 3.05) is 5.88 Å². The van der Waals surface area contributed by atoms with E-state index in [1.165, 1.54) is 18.7 Å². The molecule has 0 spiro atoms. The number of imidazole rings is 1. The zero-order valence-electron chi connectivity index (χ0n) is 8.17. The fraction of sp³-hybridized carbons (Fsp3) is 0.700. The molecule has 0 aliphatic heterocycles. The number of aryl methyl sites for hydroxylation is 2. The number of hydrogen-bond donors (Lipinski definition) is 0. The Morgan fingerprint density at radius 2 is 2.31 bits per heavy atom. The minimum absolute atomic E-state index is 0.728. The minimum atomic E-state index is 0.728. The third kappa shape index (κ3) is 3.39. The van der Waals surface area contributed by atoms with E-state index in [1.807, 2.05) is 12.4 Å². The van der Waals surface area contributed by atoms with Crippen molar-refractivity contribution >= 4 is 11.6 Å². The Morgan fingerprint density at radius 1 is 1.46 bits per heavy atom. The van der Waals surface area contributed by atoms with E-state index in [9.17, 15) is 0 Å². The molecule has 0 fully saturated rings. The summed E-state index contributed by atoms with van der Waals surface area (Å²) < 4.78 is 2.21. The molecule has 1 aromatic heterocycles. The standard InChI is InChI=1S/C10H17ClN2/c1-2-3-5-10-12-7-9-13(10)8-4-6-11/h7,9H,2-6,8H2,1H3. The van der Waals surface area contributed by atoms with Crippen molar-refractivity contribution in [3.8, 4) is 0 Å². The van der Waals surface area contributed by atoms with E-state index in [0.717, 1.165) is 25.3 Å². The van der Waals surface area contributed by atoms with E-state index >= 15 is 0 Å². The number of nitrogens with zero attached hydrogens (tertiary/aromatic N) is 2. The maximum absolute atomic E-state index is 5.64. The average Bonchev–Trinajstić information content (AvgIpc) is 2.59. The van der Waals surface area contributed by atoms with Crippen LogP contribution in [0.5, 0.6) is 0 Å². The molecule has 74 valence electrons. The molecule has 1 aromatic rings. The smallest absolute Gasteiger partial charge is 0.108 e. The minimum Gasteiger partial charge on any atom is -0.335 e. The second kappa shape index (κ2) is 6.03. The summed E-state index contributed by atoms with van der Waals surface area (Å²) in [7, 11) is 0. The summed E-state index contributed by atoms with van der Waals surface area (Å²) in [6, 6.07) is 0. The molecule has 0 saturated carbocycles. The molecule has 0 aromatic carbocycles. The molecular weight excluding hydrogens is 184 g/mol. The first-order chi connectivity index (χ1) is 6.38. The van der Waals surface area contributed by atoms with Gasteiger partial charge in [0, 0.05) is 31.2 Å². The molecule has 0 radical (unpaired) electrons. The highest BCUT2D eigenvalue weighted by atomic mass is 35.5. The number of alkyl halides is 1. The van der Waals surface area contributed by atoms with Crippen molar-refractivity contribution < 1.29 is 0 Å². The second-order valence-corrected chi connectivity index (χ2v) is 3.56. The van der Waals surface area contributed by atoms with Crippen LogP contribution in [-0.2, 0) is 13.0 Å². The van der Waals surface area contributed by atoms with E-state index < -0.39 is 0 Å². The predicted molar refractivity (Wildman–Crippen MR) is 56.2 cm³/mol. The van der Waals surface area contributed by atoms with Gasteiger partial charge in [-0.05, 0) is 12.8 Å². The maximum Gasteiger partial charge on any atom is 0.108 e. The molecule has 0 bridgehead atoms. The van der Waals surface area contributed by atoms with Crippen LogP contribution in [0.15, 0.2) is 12.4 Å². The molecule has 2 nitrogen and oxygen atoms in total. The Kier molecular flexibility index (Phi) is 4.91. The maximum atomic E-state index is 5.64. The van der Waals surface area contributed by atoms with Gasteiger partial charge in [0.25, 0.3) is 0 Å². The molecule has 0 saturated heterocycles. The quantitative estimate of drug-likeness (QED) is 0.646. The monoisotopic (exact) mass is 200 g/mol. The molecule has 0 unspecified atom stereocenters. The zero-order chi connectivity index (χ0) is 9.52. The van der Waals surface area contributed by atoms with Crippen molar-refractivity contribution in [1.82, 2.24) is 9.55 Å². The number of hydrogen-bond acceptors (Lipinski definition) is 1. The molecule has 3 heteroatoms. The summed E-state index contributed by atoms with van der Waals surface area (Å²) in [6.45, 7) is 3.20. The van der Waals surface area contributed by atoms with Crippen LogP contribution in [0.1, 0.15) is 32.0 Å². The van der Waals surface area contributed by atoms with Gasteiger partial charge in [0.05, 0.1) is 0 Å². The molecule has 0 N–H and O–H groups in total. The van der Waals surface area contributed by atoms with E-state index in [-0.39, 0.29) is 0 Å². The Hall–Kier alpha value is -0.500. The van der Waals surface area contributed by atoms with Crippen LogP contribution < -0.4 is 0 Å². The fourth-order valence-electron chi connectivity index (χ4n) is 1.34. The highest BCUT2D eigenvalue weighted by molar-refractivity contribution is 6.17. The zero-order valence-corrected chi connectivity index (χ0v) is 8.93. The van der Waals surface area contributed by atoms with Crippen molar-refractivity contribution in [2.45, 2.75) is 39.2 Å². The van der Waals surface area contributed by atoms with Crippen molar-refractivity contribution in [3.63, 3.8) is 0 Å². The van der Waals surface area contributed by atoms with Gasteiger partial charge in [0.1, 0.15) is 5.82 Å². The van der Waals surface area contributed by atoms with Gasteiger partial charge in [-0.3, -0.25) is 0 Å². The highest BCUT2D eigenvalue weighted by Gasteiger charge is 2.00. The number of rotatable bonds is 6. The number of halogens is 1. The molecule has 0 aliphatic carbocycles. The van der Waals surface area contributed by atoms with Crippen LogP contribution in [0.25, 0.3) is 0 Å². The van der Waals surface area contributed by atoms with Crippen molar-refractivity contribution in [2.24, 2.45) is 0 Å². The molecule has 1 heterocycles. The number of aromatic nitrogens is 2. The van der Waals surface area contributed by atoms with Crippen molar-refractivity contribution in [1.29, 1.82) is 0 Å². The Morgan fingerprint density at radius 3 is 3.00 bits per heavy atom. The van der Waals surface area contributed by atoms with E-state index in [2.05, 4.69) is 16.5 Å². The van der Waals surface area contributed by atoms with E-state index in [1.54, 1.807) is 0 Å². The molecule has 13 heavy (non-hydrogen) atoms. The lowest BCUT2D eigenvalue weighted by molar-refractivity contribution is 0.622. The predicted octanol–water partition coefficient (Wildman–Crippen LogP) is 2.85. The van der Waals surface area contributed by atoms with Gasteiger partial charge < -0.3 is 4.57 Å².